The molecule has 1 aromatic heterocycles. The number of fused-ring (bicyclic) bond motifs is 3. The van der Waals surface area contributed by atoms with E-state index in [9.17, 15) is 19.4 Å². The van der Waals surface area contributed by atoms with Crippen LogP contribution in [-0.2, 0) is 13.0 Å². The number of hydrogen-bond donors (Lipinski definition) is 4. The summed E-state index contributed by atoms with van der Waals surface area (Å²) in [5.74, 6) is 2.11. The summed E-state index contributed by atoms with van der Waals surface area (Å²) in [5.41, 5.74) is 2.89. The maximum Gasteiger partial charge on any atom is 0.261 e. The van der Waals surface area contributed by atoms with Crippen molar-refractivity contribution in [2.24, 2.45) is 28.2 Å². The van der Waals surface area contributed by atoms with E-state index in [4.69, 9.17) is 4.99 Å². The number of aliphatic hydroxyl groups excluding tert-OH is 2. The van der Waals surface area contributed by atoms with Crippen LogP contribution in [-0.4, -0.2) is 68.6 Å². The number of anilines is 1. The molecule has 4 aliphatic rings. The fourth-order valence-corrected chi connectivity index (χ4v) is 7.47. The van der Waals surface area contributed by atoms with Crippen molar-refractivity contribution in [3.63, 3.8) is 0 Å². The maximum atomic E-state index is 14.3. The van der Waals surface area contributed by atoms with Crippen molar-refractivity contribution < 1.29 is 14.6 Å². The summed E-state index contributed by atoms with van der Waals surface area (Å²) in [6.07, 6.45) is 3.41. The van der Waals surface area contributed by atoms with E-state index in [2.05, 4.69) is 36.4 Å². The fraction of sp³-hybridized carbons (Fsp3) is 0.545. The van der Waals surface area contributed by atoms with E-state index in [1.807, 2.05) is 30.0 Å². The summed E-state index contributed by atoms with van der Waals surface area (Å²) in [4.78, 5) is 25.1. The van der Waals surface area contributed by atoms with Gasteiger partial charge in [0.25, 0.3) is 5.56 Å². The minimum absolute atomic E-state index is 0.0955. The Kier molecular flexibility index (Phi) is 8.04. The molecule has 43 heavy (non-hydrogen) atoms. The van der Waals surface area contributed by atoms with Gasteiger partial charge >= 0.3 is 0 Å². The van der Waals surface area contributed by atoms with Gasteiger partial charge in [-0.3, -0.25) is 14.7 Å². The van der Waals surface area contributed by atoms with Crippen LogP contribution in [0.3, 0.4) is 0 Å². The molecule has 1 aliphatic heterocycles. The Morgan fingerprint density at radius 3 is 2.74 bits per heavy atom. The number of aliphatic imine (C=N–C) groups is 1. The summed E-state index contributed by atoms with van der Waals surface area (Å²) < 4.78 is 15.8. The van der Waals surface area contributed by atoms with Gasteiger partial charge in [-0.1, -0.05) is 32.9 Å². The first-order valence-corrected chi connectivity index (χ1v) is 15.4. The molecule has 4 N–H and O–H groups in total. The molecule has 0 unspecified atom stereocenters. The van der Waals surface area contributed by atoms with Crippen LogP contribution in [0.15, 0.2) is 52.5 Å². The second kappa shape index (κ2) is 11.6. The van der Waals surface area contributed by atoms with E-state index in [1.165, 1.54) is 23.4 Å². The van der Waals surface area contributed by atoms with Gasteiger partial charge in [0.05, 0.1) is 36.4 Å². The number of halogens is 1. The van der Waals surface area contributed by atoms with Crippen molar-refractivity contribution in [2.45, 2.75) is 71.8 Å². The molecule has 2 bridgehead atoms. The quantitative estimate of drug-likeness (QED) is 0.257. The van der Waals surface area contributed by atoms with Crippen molar-refractivity contribution in [3.05, 3.63) is 70.0 Å². The molecule has 2 aromatic carbocycles. The van der Waals surface area contributed by atoms with Crippen LogP contribution in [0.5, 0.6) is 0 Å². The van der Waals surface area contributed by atoms with E-state index in [0.29, 0.717) is 71.6 Å². The number of piperazine rings is 1. The first kappa shape index (κ1) is 29.7. The number of benzene rings is 2. The fourth-order valence-electron chi connectivity index (χ4n) is 7.47. The summed E-state index contributed by atoms with van der Waals surface area (Å²) >= 11 is 0. The van der Waals surface area contributed by atoms with Crippen molar-refractivity contribution in [1.82, 2.24) is 19.8 Å². The van der Waals surface area contributed by atoms with Crippen molar-refractivity contribution >= 4 is 22.5 Å². The normalized spacial score (nSPS) is 28.5. The number of aryl methyl sites for hydroxylation is 3. The Morgan fingerprint density at radius 1 is 1.21 bits per heavy atom. The average Bonchev–Trinajstić information content (AvgIpc) is 2.97. The number of rotatable bonds is 6. The van der Waals surface area contributed by atoms with Gasteiger partial charge in [0.1, 0.15) is 12.0 Å². The van der Waals surface area contributed by atoms with Gasteiger partial charge in [-0.25, -0.2) is 14.4 Å². The molecular weight excluding hydrogens is 547 g/mol. The van der Waals surface area contributed by atoms with Crippen LogP contribution in [0.2, 0.25) is 0 Å². The largest absolute Gasteiger partial charge is 0.395 e. The van der Waals surface area contributed by atoms with Crippen LogP contribution in [0.1, 0.15) is 44.7 Å². The smallest absolute Gasteiger partial charge is 0.261 e. The predicted molar refractivity (Wildman–Crippen MR) is 166 cm³/mol. The van der Waals surface area contributed by atoms with Gasteiger partial charge < -0.3 is 20.4 Å². The number of guanidine groups is 1. The molecule has 9 nitrogen and oxygen atoms in total. The Bertz CT molecular complexity index is 1590. The van der Waals surface area contributed by atoms with Gasteiger partial charge in [0.15, 0.2) is 5.96 Å². The van der Waals surface area contributed by atoms with Crippen molar-refractivity contribution in [2.75, 3.05) is 25.0 Å². The zero-order valence-corrected chi connectivity index (χ0v) is 25.4. The molecule has 0 amide bonds. The first-order valence-electron chi connectivity index (χ1n) is 15.4. The summed E-state index contributed by atoms with van der Waals surface area (Å²) in [7, 11) is 0. The lowest BCUT2D eigenvalue weighted by Gasteiger charge is -2.61. The van der Waals surface area contributed by atoms with Crippen LogP contribution < -0.4 is 16.2 Å². The minimum atomic E-state index is -0.792. The lowest BCUT2D eigenvalue weighted by molar-refractivity contribution is -0.108. The highest BCUT2D eigenvalue weighted by molar-refractivity contribution is 5.96. The third-order valence-electron chi connectivity index (χ3n) is 10.3. The Hall–Kier alpha value is -3.34. The number of nitrogens with zero attached hydrogens (tertiary/aromatic N) is 4. The van der Waals surface area contributed by atoms with E-state index in [-0.39, 0.29) is 30.1 Å². The first-order chi connectivity index (χ1) is 20.5. The van der Waals surface area contributed by atoms with Crippen LogP contribution in [0, 0.1) is 35.9 Å². The van der Waals surface area contributed by atoms with E-state index >= 15 is 0 Å². The predicted octanol–water partition coefficient (Wildman–Crippen LogP) is 3.51. The Morgan fingerprint density at radius 2 is 2.02 bits per heavy atom. The number of aliphatic hydroxyl groups is 2. The van der Waals surface area contributed by atoms with Crippen molar-refractivity contribution in [1.29, 1.82) is 0 Å². The number of hydrogen-bond acceptors (Lipinski definition) is 6. The molecular formula is C33H43FN6O3. The van der Waals surface area contributed by atoms with Crippen molar-refractivity contribution in [3.8, 4) is 0 Å². The Labute approximate surface area is 251 Å². The van der Waals surface area contributed by atoms with Crippen LogP contribution in [0.4, 0.5) is 10.1 Å². The second-order valence-corrected chi connectivity index (χ2v) is 13.4. The second-order valence-electron chi connectivity index (χ2n) is 13.4. The molecule has 7 rings (SSSR count). The topological polar surface area (TPSA) is 115 Å². The van der Waals surface area contributed by atoms with E-state index in [1.54, 1.807) is 12.1 Å². The lowest BCUT2D eigenvalue weighted by atomic mass is 9.45. The monoisotopic (exact) mass is 590 g/mol. The molecule has 3 aromatic rings. The SMILES string of the molecule is Cc1ccc(CCn2cnc3cc(NC(=N[C@H]4C[C@@H]5C[C@H]([C@@H]4C)C5(C)C)N4C[C@H](CO)N[C@@H](O)C4)ccc3c2=O)c(F)c1. The number of aromatic nitrogens is 2. The zero-order valence-electron chi connectivity index (χ0n) is 25.4. The molecule has 0 radical (unpaired) electrons. The van der Waals surface area contributed by atoms with Gasteiger partial charge in [-0.2, -0.15) is 0 Å². The zero-order chi connectivity index (χ0) is 30.5. The molecule has 1 saturated heterocycles. The van der Waals surface area contributed by atoms with Gasteiger partial charge in [-0.15, -0.1) is 0 Å². The average molecular weight is 591 g/mol. The molecule has 3 saturated carbocycles. The number of nitrogens with one attached hydrogen (secondary N) is 2. The molecule has 10 heteroatoms. The third-order valence-corrected chi connectivity index (χ3v) is 10.3. The minimum Gasteiger partial charge on any atom is -0.395 e. The molecule has 0 spiro atoms. The molecule has 4 fully saturated rings. The maximum absolute atomic E-state index is 14.3. The van der Waals surface area contributed by atoms with Gasteiger partial charge in [0.2, 0.25) is 0 Å². The highest BCUT2D eigenvalue weighted by Crippen LogP contribution is 2.61. The standard InChI is InChI=1S/C33H43FN6O3/c1-19-5-6-21(27(34)11-19)9-10-39-18-35-29-14-23(7-8-25(29)31(39)43)37-32(40-15-24(17-41)36-30(42)16-40)38-28-13-22-12-26(20(28)2)33(22,3)4/h5-8,11,14,18,20,22,24,26,28,30,36,41-42H,9-10,12-13,15-17H2,1-4H3,(H,37,38)/t20-,22-,24+,26+,28-,30-/m0/s1. The lowest BCUT2D eigenvalue weighted by Crippen LogP contribution is -2.61. The highest BCUT2D eigenvalue weighted by Gasteiger charge is 2.56. The molecule has 3 aliphatic carbocycles. The Balaban J connectivity index is 1.25. The van der Waals surface area contributed by atoms with E-state index in [0.717, 1.165) is 17.7 Å². The summed E-state index contributed by atoms with van der Waals surface area (Å²) in [6.45, 7) is 9.95. The summed E-state index contributed by atoms with van der Waals surface area (Å²) in [5, 5.41) is 27.3. The third kappa shape index (κ3) is 5.80. The molecule has 6 atom stereocenters. The van der Waals surface area contributed by atoms with Crippen LogP contribution >= 0.6 is 0 Å². The number of β-amino-alcohol motifs (C(OH)–C–C–N with tert-alkyl or cyclic N) is 1. The summed E-state index contributed by atoms with van der Waals surface area (Å²) in [6, 6.07) is 10.5. The highest BCUT2D eigenvalue weighted by atomic mass is 19.1. The van der Waals surface area contributed by atoms with E-state index < -0.39 is 6.23 Å². The van der Waals surface area contributed by atoms with Crippen LogP contribution in [0.25, 0.3) is 10.9 Å². The molecule has 230 valence electrons. The van der Waals surface area contributed by atoms with Gasteiger partial charge in [-0.05, 0) is 84.7 Å². The van der Waals surface area contributed by atoms with Gasteiger partial charge in [0, 0.05) is 24.8 Å². The molecule has 2 heterocycles.